The summed E-state index contributed by atoms with van der Waals surface area (Å²) in [7, 11) is -3.55. The van der Waals surface area contributed by atoms with Gasteiger partial charge in [0.05, 0.1) is 17.3 Å². The van der Waals surface area contributed by atoms with E-state index in [4.69, 9.17) is 4.74 Å². The van der Waals surface area contributed by atoms with Crippen molar-refractivity contribution < 1.29 is 22.3 Å². The van der Waals surface area contributed by atoms with E-state index in [9.17, 15) is 17.6 Å². The van der Waals surface area contributed by atoms with Crippen LogP contribution in [0.3, 0.4) is 0 Å². The molecule has 1 aromatic carbocycles. The number of nitrogens with zero attached hydrogens (tertiary/aromatic N) is 3. The predicted octanol–water partition coefficient (Wildman–Crippen LogP) is 2.51. The fourth-order valence-electron chi connectivity index (χ4n) is 2.51. The largest absolute Gasteiger partial charge is 0.462 e. The molecular formula is C17H16FN3O4S. The van der Waals surface area contributed by atoms with E-state index >= 15 is 0 Å². The van der Waals surface area contributed by atoms with Crippen LogP contribution in [0.5, 0.6) is 0 Å². The van der Waals surface area contributed by atoms with Crippen molar-refractivity contribution in [2.24, 2.45) is 0 Å². The number of benzene rings is 1. The molecule has 136 valence electrons. The summed E-state index contributed by atoms with van der Waals surface area (Å²) in [6.07, 6.45) is 3.05. The van der Waals surface area contributed by atoms with Gasteiger partial charge in [0.15, 0.2) is 15.5 Å². The molecule has 7 nitrogen and oxygen atoms in total. The molecule has 0 amide bonds. The van der Waals surface area contributed by atoms with E-state index in [0.717, 1.165) is 6.07 Å². The molecular weight excluding hydrogens is 361 g/mol. The van der Waals surface area contributed by atoms with Gasteiger partial charge < -0.3 is 4.74 Å². The van der Waals surface area contributed by atoms with Crippen molar-refractivity contribution in [3.8, 4) is 11.3 Å². The smallest absolute Gasteiger partial charge is 0.344 e. The van der Waals surface area contributed by atoms with Crippen LogP contribution in [-0.4, -0.2) is 41.3 Å². The van der Waals surface area contributed by atoms with Gasteiger partial charge in [-0.2, -0.15) is 5.10 Å². The van der Waals surface area contributed by atoms with Gasteiger partial charge in [-0.25, -0.2) is 27.1 Å². The van der Waals surface area contributed by atoms with Gasteiger partial charge in [0.25, 0.3) is 0 Å². The first-order valence-corrected chi connectivity index (χ1v) is 9.57. The second kappa shape index (κ2) is 6.83. The van der Waals surface area contributed by atoms with Crippen LogP contribution >= 0.6 is 0 Å². The predicted molar refractivity (Wildman–Crippen MR) is 92.1 cm³/mol. The topological polar surface area (TPSA) is 90.6 Å². The molecule has 0 spiro atoms. The Balaban J connectivity index is 2.22. The lowest BCUT2D eigenvalue weighted by molar-refractivity contribution is 0.0529. The van der Waals surface area contributed by atoms with Crippen LogP contribution in [0.2, 0.25) is 0 Å². The molecule has 2 heterocycles. The minimum atomic E-state index is -3.55. The SMILES string of the molecule is CCOC(=O)c1c(-c2ccc(S(=O)(=O)CC)cc2F)nn2cccnc12. The number of hydrogen-bond acceptors (Lipinski definition) is 6. The molecule has 0 atom stereocenters. The first-order valence-electron chi connectivity index (χ1n) is 7.92. The molecule has 0 saturated heterocycles. The fourth-order valence-corrected chi connectivity index (χ4v) is 3.41. The summed E-state index contributed by atoms with van der Waals surface area (Å²) in [6.45, 7) is 3.27. The zero-order valence-electron chi connectivity index (χ0n) is 14.1. The monoisotopic (exact) mass is 377 g/mol. The molecule has 9 heteroatoms. The van der Waals surface area contributed by atoms with Gasteiger partial charge in [-0.1, -0.05) is 6.92 Å². The molecule has 3 rings (SSSR count). The summed E-state index contributed by atoms with van der Waals surface area (Å²) in [5.41, 5.74) is 0.289. The third-order valence-electron chi connectivity index (χ3n) is 3.81. The summed E-state index contributed by atoms with van der Waals surface area (Å²) in [5.74, 6) is -1.62. The lowest BCUT2D eigenvalue weighted by Crippen LogP contribution is -2.07. The normalized spacial score (nSPS) is 11.7. The van der Waals surface area contributed by atoms with Crippen molar-refractivity contribution in [3.05, 3.63) is 48.0 Å². The molecule has 0 aliphatic carbocycles. The molecule has 0 aliphatic rings. The highest BCUT2D eigenvalue weighted by molar-refractivity contribution is 7.91. The minimum absolute atomic E-state index is 0.00592. The molecule has 0 aliphatic heterocycles. The molecule has 3 aromatic rings. The summed E-state index contributed by atoms with van der Waals surface area (Å²) in [6, 6.07) is 5.14. The molecule has 0 fully saturated rings. The summed E-state index contributed by atoms with van der Waals surface area (Å²) in [4.78, 5) is 16.4. The Bertz CT molecular complexity index is 1090. The molecule has 0 radical (unpaired) electrons. The first kappa shape index (κ1) is 18.0. The lowest BCUT2D eigenvalue weighted by atomic mass is 10.1. The van der Waals surface area contributed by atoms with E-state index < -0.39 is 21.6 Å². The molecule has 0 unspecified atom stereocenters. The van der Waals surface area contributed by atoms with E-state index in [-0.39, 0.29) is 39.7 Å². The number of ether oxygens (including phenoxy) is 1. The van der Waals surface area contributed by atoms with Crippen LogP contribution in [0.15, 0.2) is 41.6 Å². The van der Waals surface area contributed by atoms with Crippen LogP contribution < -0.4 is 0 Å². The van der Waals surface area contributed by atoms with Crippen molar-refractivity contribution in [2.75, 3.05) is 12.4 Å². The Morgan fingerprint density at radius 1 is 1.31 bits per heavy atom. The van der Waals surface area contributed by atoms with E-state index in [1.807, 2.05) is 0 Å². The molecule has 26 heavy (non-hydrogen) atoms. The Hall–Kier alpha value is -2.81. The maximum atomic E-state index is 14.7. The highest BCUT2D eigenvalue weighted by Crippen LogP contribution is 2.29. The van der Waals surface area contributed by atoms with Crippen LogP contribution in [-0.2, 0) is 14.6 Å². The van der Waals surface area contributed by atoms with Gasteiger partial charge >= 0.3 is 5.97 Å². The number of carbonyl (C=O) groups excluding carboxylic acids is 1. The second-order valence-corrected chi connectivity index (χ2v) is 7.66. The maximum Gasteiger partial charge on any atom is 0.344 e. The van der Waals surface area contributed by atoms with Crippen LogP contribution in [0, 0.1) is 5.82 Å². The molecule has 0 bridgehead atoms. The van der Waals surface area contributed by atoms with Gasteiger partial charge in [0, 0.05) is 18.0 Å². The number of sulfone groups is 1. The Morgan fingerprint density at radius 3 is 2.73 bits per heavy atom. The zero-order valence-corrected chi connectivity index (χ0v) is 15.0. The van der Waals surface area contributed by atoms with Crippen molar-refractivity contribution in [3.63, 3.8) is 0 Å². The third-order valence-corrected chi connectivity index (χ3v) is 5.54. The number of esters is 1. The van der Waals surface area contributed by atoms with Gasteiger partial charge in [0.1, 0.15) is 17.1 Å². The molecule has 0 N–H and O–H groups in total. The average Bonchev–Trinajstić information content (AvgIpc) is 3.01. The van der Waals surface area contributed by atoms with Crippen molar-refractivity contribution >= 4 is 21.5 Å². The Labute approximate surface area is 149 Å². The quantitative estimate of drug-likeness (QED) is 0.635. The van der Waals surface area contributed by atoms with Gasteiger partial charge in [-0.15, -0.1) is 0 Å². The van der Waals surface area contributed by atoms with Crippen LogP contribution in [0.1, 0.15) is 24.2 Å². The van der Waals surface area contributed by atoms with E-state index in [1.165, 1.54) is 29.8 Å². The van der Waals surface area contributed by atoms with Gasteiger partial charge in [0.2, 0.25) is 0 Å². The van der Waals surface area contributed by atoms with Crippen molar-refractivity contribution in [1.82, 2.24) is 14.6 Å². The average molecular weight is 377 g/mol. The van der Waals surface area contributed by atoms with Gasteiger partial charge in [-0.05, 0) is 31.2 Å². The minimum Gasteiger partial charge on any atom is -0.462 e. The van der Waals surface area contributed by atoms with E-state index in [1.54, 1.807) is 19.2 Å². The lowest BCUT2D eigenvalue weighted by Gasteiger charge is -2.06. The van der Waals surface area contributed by atoms with Gasteiger partial charge in [-0.3, -0.25) is 0 Å². The van der Waals surface area contributed by atoms with Crippen molar-refractivity contribution in [2.45, 2.75) is 18.7 Å². The Morgan fingerprint density at radius 2 is 2.08 bits per heavy atom. The number of rotatable bonds is 5. The zero-order chi connectivity index (χ0) is 18.9. The highest BCUT2D eigenvalue weighted by Gasteiger charge is 2.25. The summed E-state index contributed by atoms with van der Waals surface area (Å²) >= 11 is 0. The number of fused-ring (bicyclic) bond motifs is 1. The third kappa shape index (κ3) is 3.05. The number of hydrogen-bond donors (Lipinski definition) is 0. The van der Waals surface area contributed by atoms with E-state index in [0.29, 0.717) is 0 Å². The summed E-state index contributed by atoms with van der Waals surface area (Å²) < 4.78 is 44.9. The van der Waals surface area contributed by atoms with Crippen LogP contribution in [0.25, 0.3) is 16.9 Å². The first-order chi connectivity index (χ1) is 12.4. The van der Waals surface area contributed by atoms with Crippen molar-refractivity contribution in [1.29, 1.82) is 0 Å². The number of carbonyl (C=O) groups is 1. The Kier molecular flexibility index (Phi) is 4.73. The van der Waals surface area contributed by atoms with Crippen LogP contribution in [0.4, 0.5) is 4.39 Å². The second-order valence-electron chi connectivity index (χ2n) is 5.38. The maximum absolute atomic E-state index is 14.7. The highest BCUT2D eigenvalue weighted by atomic mass is 32.2. The molecule has 2 aromatic heterocycles. The molecule has 0 saturated carbocycles. The summed E-state index contributed by atoms with van der Waals surface area (Å²) in [5, 5.41) is 4.22. The fraction of sp³-hybridized carbons (Fsp3) is 0.235. The standard InChI is InChI=1S/C17H16FN3O4S/c1-3-25-17(22)14-15(20-21-9-5-8-19-16(14)21)12-7-6-11(10-13(12)18)26(23,24)4-2/h5-10H,3-4H2,1-2H3. The number of halogens is 1. The van der Waals surface area contributed by atoms with E-state index in [2.05, 4.69) is 10.1 Å². The number of aromatic nitrogens is 3.